The van der Waals surface area contributed by atoms with E-state index < -0.39 is 48.9 Å². The second-order valence-corrected chi connectivity index (χ2v) is 6.97. The molecule has 1 unspecified atom stereocenters. The Balaban J connectivity index is 1.67. The first kappa shape index (κ1) is 21.3. The van der Waals surface area contributed by atoms with Crippen LogP contribution in [-0.2, 0) is 9.47 Å². The number of nitrogens with zero attached hydrogens (tertiary/aromatic N) is 2. The van der Waals surface area contributed by atoms with Crippen LogP contribution in [0.2, 0.25) is 0 Å². The van der Waals surface area contributed by atoms with Crippen LogP contribution >= 0.6 is 0 Å². The largest absolute Gasteiger partial charge is 0.442 e. The zero-order chi connectivity index (χ0) is 21.0. The van der Waals surface area contributed by atoms with Crippen molar-refractivity contribution in [3.63, 3.8) is 0 Å². The lowest BCUT2D eigenvalue weighted by atomic mass is 10.0. The first-order valence-electron chi connectivity index (χ1n) is 9.38. The maximum Gasteiger partial charge on any atom is 0.413 e. The summed E-state index contributed by atoms with van der Waals surface area (Å²) < 4.78 is 39.0. The summed E-state index contributed by atoms with van der Waals surface area (Å²) in [6.07, 6.45) is 2.25. The predicted octanol–water partition coefficient (Wildman–Crippen LogP) is 1.57. The number of rotatable bonds is 4. The zero-order valence-electron chi connectivity index (χ0n) is 15.5. The maximum atomic E-state index is 14.2. The minimum Gasteiger partial charge on any atom is -0.442 e. The lowest BCUT2D eigenvalue weighted by Gasteiger charge is -2.21. The van der Waals surface area contributed by atoms with E-state index in [1.165, 1.54) is 0 Å². The Morgan fingerprint density at radius 2 is 2.21 bits per heavy atom. The Morgan fingerprint density at radius 1 is 1.41 bits per heavy atom. The molecular formula is C18H23F2N3O6. The molecule has 1 aliphatic carbocycles. The number of halogens is 2. The Hall–Kier alpha value is -2.37. The van der Waals surface area contributed by atoms with E-state index >= 15 is 0 Å². The first-order valence-corrected chi connectivity index (χ1v) is 9.38. The van der Waals surface area contributed by atoms with Crippen molar-refractivity contribution >= 4 is 11.9 Å². The maximum absolute atomic E-state index is 14.2. The van der Waals surface area contributed by atoms with Crippen molar-refractivity contribution in [3.05, 3.63) is 34.9 Å². The van der Waals surface area contributed by atoms with Gasteiger partial charge in [0.05, 0.1) is 6.61 Å². The number of carbonyl (C=O) groups is 1. The lowest BCUT2D eigenvalue weighted by Crippen LogP contribution is -2.41. The molecule has 0 saturated carbocycles. The molecule has 1 aromatic rings. The average molecular weight is 415 g/mol. The summed E-state index contributed by atoms with van der Waals surface area (Å²) in [5.41, 5.74) is -1.12. The molecule has 160 valence electrons. The molecule has 1 aromatic heterocycles. The standard InChI is InChI=1S/C18H23F2N3O6/c19-18(20)14(25)12(10-24)29-15(18)23-9-8-13(21-16(23)26)22-17(27)28-11-6-4-2-1-3-5-7-11/h4,6,8-9,11-12,14-15,24-25H,1-3,5,7,10H2,(H,21,22,26,27)/b6-4+/t11?,12-,14+,15-/m1/s1. The van der Waals surface area contributed by atoms with E-state index in [-0.39, 0.29) is 5.82 Å². The van der Waals surface area contributed by atoms with Gasteiger partial charge in [-0.25, -0.2) is 9.59 Å². The molecule has 4 atom stereocenters. The minimum absolute atomic E-state index is 0.174. The zero-order valence-corrected chi connectivity index (χ0v) is 15.5. The molecule has 0 radical (unpaired) electrons. The Kier molecular flexibility index (Phi) is 6.60. The number of hydrogen-bond donors (Lipinski definition) is 3. The summed E-state index contributed by atoms with van der Waals surface area (Å²) in [4.78, 5) is 27.7. The minimum atomic E-state index is -3.81. The summed E-state index contributed by atoms with van der Waals surface area (Å²) in [7, 11) is 0. The molecule has 2 heterocycles. The fourth-order valence-corrected chi connectivity index (χ4v) is 3.28. The number of aliphatic hydroxyl groups is 2. The summed E-state index contributed by atoms with van der Waals surface area (Å²) in [5.74, 6) is -3.98. The van der Waals surface area contributed by atoms with Gasteiger partial charge in [-0.05, 0) is 37.8 Å². The van der Waals surface area contributed by atoms with Gasteiger partial charge in [0, 0.05) is 6.20 Å². The molecule has 1 saturated heterocycles. The van der Waals surface area contributed by atoms with E-state index in [1.807, 2.05) is 12.2 Å². The fourth-order valence-electron chi connectivity index (χ4n) is 3.28. The second-order valence-electron chi connectivity index (χ2n) is 6.97. The van der Waals surface area contributed by atoms with E-state index in [0.29, 0.717) is 11.0 Å². The van der Waals surface area contributed by atoms with Crippen molar-refractivity contribution in [3.8, 4) is 0 Å². The van der Waals surface area contributed by atoms with Gasteiger partial charge in [0.15, 0.2) is 6.10 Å². The Bertz CT molecular complexity index is 815. The van der Waals surface area contributed by atoms with Gasteiger partial charge in [0.1, 0.15) is 18.0 Å². The van der Waals surface area contributed by atoms with Crippen molar-refractivity contribution in [1.29, 1.82) is 0 Å². The third-order valence-electron chi connectivity index (χ3n) is 4.84. The third kappa shape index (κ3) is 4.80. The number of aliphatic hydroxyl groups excluding tert-OH is 2. The van der Waals surface area contributed by atoms with E-state index in [1.54, 1.807) is 0 Å². The van der Waals surface area contributed by atoms with Crippen LogP contribution in [0.25, 0.3) is 0 Å². The SMILES string of the molecule is O=C(Nc1ccn([C@@H]2O[C@H](CO)[C@H](O)C2(F)F)c(=O)n1)OC1/C=C/CCCCC1. The number of allylic oxidation sites excluding steroid dienone is 1. The molecule has 9 nitrogen and oxygen atoms in total. The van der Waals surface area contributed by atoms with Gasteiger partial charge in [-0.2, -0.15) is 13.8 Å². The van der Waals surface area contributed by atoms with Gasteiger partial charge in [0.25, 0.3) is 0 Å². The number of nitrogens with one attached hydrogen (secondary N) is 1. The molecule has 2 aliphatic rings. The van der Waals surface area contributed by atoms with Crippen LogP contribution in [0, 0.1) is 0 Å². The Morgan fingerprint density at radius 3 is 2.90 bits per heavy atom. The van der Waals surface area contributed by atoms with E-state index in [4.69, 9.17) is 14.6 Å². The van der Waals surface area contributed by atoms with Crippen LogP contribution < -0.4 is 11.0 Å². The highest BCUT2D eigenvalue weighted by atomic mass is 19.3. The van der Waals surface area contributed by atoms with Gasteiger partial charge in [-0.3, -0.25) is 9.88 Å². The second kappa shape index (κ2) is 8.97. The number of aromatic nitrogens is 2. The van der Waals surface area contributed by atoms with Gasteiger partial charge in [0.2, 0.25) is 6.23 Å². The number of hydrogen-bond acceptors (Lipinski definition) is 7. The van der Waals surface area contributed by atoms with Gasteiger partial charge in [-0.1, -0.05) is 12.5 Å². The van der Waals surface area contributed by atoms with Crippen LogP contribution in [-0.4, -0.2) is 56.7 Å². The molecule has 3 N–H and O–H groups in total. The molecule has 3 rings (SSSR count). The van der Waals surface area contributed by atoms with Gasteiger partial charge >= 0.3 is 17.7 Å². The van der Waals surface area contributed by atoms with E-state index in [2.05, 4.69) is 10.3 Å². The smallest absolute Gasteiger partial charge is 0.413 e. The summed E-state index contributed by atoms with van der Waals surface area (Å²) in [6.45, 7) is -0.837. The summed E-state index contributed by atoms with van der Waals surface area (Å²) >= 11 is 0. The molecule has 11 heteroatoms. The van der Waals surface area contributed by atoms with Crippen LogP contribution in [0.4, 0.5) is 19.4 Å². The highest BCUT2D eigenvalue weighted by Crippen LogP contribution is 2.41. The van der Waals surface area contributed by atoms with Crippen LogP contribution in [0.3, 0.4) is 0 Å². The van der Waals surface area contributed by atoms with Crippen LogP contribution in [0.1, 0.15) is 38.3 Å². The number of ether oxygens (including phenoxy) is 2. The highest BCUT2D eigenvalue weighted by Gasteiger charge is 2.59. The van der Waals surface area contributed by atoms with Crippen molar-refractivity contribution in [2.75, 3.05) is 11.9 Å². The van der Waals surface area contributed by atoms with Gasteiger partial charge in [-0.15, -0.1) is 0 Å². The van der Waals surface area contributed by atoms with E-state index in [9.17, 15) is 23.5 Å². The van der Waals surface area contributed by atoms with Gasteiger partial charge < -0.3 is 19.7 Å². The van der Waals surface area contributed by atoms with E-state index in [0.717, 1.165) is 37.9 Å². The predicted molar refractivity (Wildman–Crippen MR) is 96.6 cm³/mol. The number of anilines is 1. The fraction of sp³-hybridized carbons (Fsp3) is 0.611. The molecule has 1 aliphatic heterocycles. The lowest BCUT2D eigenvalue weighted by molar-refractivity contribution is -0.140. The quantitative estimate of drug-likeness (QED) is 0.638. The normalized spacial score (nSPS) is 30.2. The Labute approximate surface area is 165 Å². The first-order chi connectivity index (χ1) is 13.8. The molecule has 1 fully saturated rings. The van der Waals surface area contributed by atoms with Crippen molar-refractivity contribution in [2.24, 2.45) is 0 Å². The monoisotopic (exact) mass is 415 g/mol. The average Bonchev–Trinajstić information content (AvgIpc) is 2.87. The number of alkyl halides is 2. The number of carbonyl (C=O) groups excluding carboxylic acids is 1. The van der Waals surface area contributed by atoms with Crippen LogP contribution in [0.5, 0.6) is 0 Å². The third-order valence-corrected chi connectivity index (χ3v) is 4.84. The van der Waals surface area contributed by atoms with Crippen molar-refractivity contribution in [1.82, 2.24) is 9.55 Å². The summed E-state index contributed by atoms with van der Waals surface area (Å²) in [6, 6.07) is 1.13. The molecule has 0 bridgehead atoms. The summed E-state index contributed by atoms with van der Waals surface area (Å²) in [5, 5.41) is 20.9. The molecular weight excluding hydrogens is 392 g/mol. The molecule has 29 heavy (non-hydrogen) atoms. The molecule has 0 aromatic carbocycles. The molecule has 0 spiro atoms. The van der Waals surface area contributed by atoms with Crippen molar-refractivity contribution < 1.29 is 33.3 Å². The molecule has 1 amide bonds. The van der Waals surface area contributed by atoms with Crippen molar-refractivity contribution in [2.45, 2.75) is 62.6 Å². The number of amides is 1. The topological polar surface area (TPSA) is 123 Å². The highest BCUT2D eigenvalue weighted by molar-refractivity contribution is 5.83. The van der Waals surface area contributed by atoms with Crippen LogP contribution in [0.15, 0.2) is 29.2 Å².